The number of nitrogens with zero attached hydrogens (tertiary/aromatic N) is 1. The SMILES string of the molecule is CSN1C(=O)c2c(C(C)C)cccc2S1(=O)=O. The van der Waals surface area contributed by atoms with Gasteiger partial charge in [0, 0.05) is 6.26 Å². The Bertz CT molecular complexity index is 578. The number of benzene rings is 1. The minimum absolute atomic E-state index is 0.117. The maximum Gasteiger partial charge on any atom is 0.279 e. The first-order valence-corrected chi connectivity index (χ1v) is 7.80. The Morgan fingerprint density at radius 2 is 1.94 bits per heavy atom. The predicted molar refractivity (Wildman–Crippen MR) is 67.4 cm³/mol. The summed E-state index contributed by atoms with van der Waals surface area (Å²) in [6.07, 6.45) is 1.58. The van der Waals surface area contributed by atoms with E-state index in [9.17, 15) is 13.2 Å². The van der Waals surface area contributed by atoms with Gasteiger partial charge in [0.1, 0.15) is 4.90 Å². The van der Waals surface area contributed by atoms with E-state index in [1.165, 1.54) is 6.07 Å². The van der Waals surface area contributed by atoms with Crippen LogP contribution in [0.2, 0.25) is 0 Å². The predicted octanol–water partition coefficient (Wildman–Crippen LogP) is 2.23. The van der Waals surface area contributed by atoms with Crippen molar-refractivity contribution in [2.75, 3.05) is 6.26 Å². The minimum Gasteiger partial charge on any atom is -0.267 e. The van der Waals surface area contributed by atoms with E-state index in [2.05, 4.69) is 0 Å². The molecule has 0 aliphatic carbocycles. The molecular weight excluding hydrogens is 258 g/mol. The van der Waals surface area contributed by atoms with E-state index in [1.807, 2.05) is 13.8 Å². The molecule has 4 nitrogen and oxygen atoms in total. The maximum atomic E-state index is 12.1. The zero-order valence-electron chi connectivity index (χ0n) is 9.80. The van der Waals surface area contributed by atoms with Crippen molar-refractivity contribution < 1.29 is 13.2 Å². The fraction of sp³-hybridized carbons (Fsp3) is 0.364. The van der Waals surface area contributed by atoms with Crippen molar-refractivity contribution in [1.82, 2.24) is 3.71 Å². The minimum atomic E-state index is -3.65. The highest BCUT2D eigenvalue weighted by molar-refractivity contribution is 8.09. The molecule has 0 unspecified atom stereocenters. The summed E-state index contributed by atoms with van der Waals surface area (Å²) in [6.45, 7) is 3.88. The molecule has 0 fully saturated rings. The Balaban J connectivity index is 2.77. The maximum absolute atomic E-state index is 12.1. The van der Waals surface area contributed by atoms with Crippen LogP contribution in [0.15, 0.2) is 23.1 Å². The molecule has 0 atom stereocenters. The van der Waals surface area contributed by atoms with Crippen molar-refractivity contribution in [2.24, 2.45) is 0 Å². The molecule has 1 amide bonds. The molecule has 0 saturated heterocycles. The first kappa shape index (κ1) is 12.4. The molecule has 92 valence electrons. The van der Waals surface area contributed by atoms with E-state index in [0.29, 0.717) is 5.56 Å². The van der Waals surface area contributed by atoms with Gasteiger partial charge in [0.25, 0.3) is 15.9 Å². The first-order chi connectivity index (χ1) is 7.91. The topological polar surface area (TPSA) is 54.5 Å². The van der Waals surface area contributed by atoms with Gasteiger partial charge < -0.3 is 0 Å². The summed E-state index contributed by atoms with van der Waals surface area (Å²) < 4.78 is 25.0. The van der Waals surface area contributed by atoms with E-state index >= 15 is 0 Å². The summed E-state index contributed by atoms with van der Waals surface area (Å²) in [6, 6.07) is 4.98. The van der Waals surface area contributed by atoms with Gasteiger partial charge in [0.15, 0.2) is 0 Å². The second kappa shape index (κ2) is 4.03. The molecule has 0 spiro atoms. The van der Waals surface area contributed by atoms with E-state index in [1.54, 1.807) is 18.4 Å². The molecule has 1 aliphatic rings. The number of sulfonamides is 1. The fourth-order valence-corrected chi connectivity index (χ4v) is 4.43. The molecule has 1 aromatic rings. The zero-order chi connectivity index (χ0) is 12.8. The van der Waals surface area contributed by atoms with Crippen LogP contribution in [0, 0.1) is 0 Å². The normalized spacial score (nSPS) is 17.6. The summed E-state index contributed by atoms with van der Waals surface area (Å²) in [5, 5.41) is 0. The van der Waals surface area contributed by atoms with Gasteiger partial charge in [-0.3, -0.25) is 4.79 Å². The molecule has 0 N–H and O–H groups in total. The van der Waals surface area contributed by atoms with Gasteiger partial charge in [-0.1, -0.05) is 26.0 Å². The van der Waals surface area contributed by atoms with Gasteiger partial charge in [-0.05, 0) is 29.5 Å². The fourth-order valence-electron chi connectivity index (χ4n) is 1.94. The highest BCUT2D eigenvalue weighted by atomic mass is 32.3. The molecule has 1 aliphatic heterocycles. The number of rotatable bonds is 2. The average molecular weight is 271 g/mol. The van der Waals surface area contributed by atoms with Gasteiger partial charge in [-0.25, -0.2) is 8.42 Å². The van der Waals surface area contributed by atoms with Crippen molar-refractivity contribution in [3.63, 3.8) is 0 Å². The van der Waals surface area contributed by atoms with Gasteiger partial charge in [0.05, 0.1) is 5.56 Å². The zero-order valence-corrected chi connectivity index (χ0v) is 11.4. The Morgan fingerprint density at radius 1 is 1.29 bits per heavy atom. The summed E-state index contributed by atoms with van der Waals surface area (Å²) in [5.41, 5.74) is 1.12. The van der Waals surface area contributed by atoms with Crippen molar-refractivity contribution in [1.29, 1.82) is 0 Å². The lowest BCUT2D eigenvalue weighted by Crippen LogP contribution is -2.22. The van der Waals surface area contributed by atoms with E-state index < -0.39 is 15.9 Å². The van der Waals surface area contributed by atoms with Crippen LogP contribution in [0.25, 0.3) is 0 Å². The number of amides is 1. The second-order valence-corrected chi connectivity index (χ2v) is 6.81. The second-order valence-electron chi connectivity index (χ2n) is 4.09. The quantitative estimate of drug-likeness (QED) is 0.774. The smallest absolute Gasteiger partial charge is 0.267 e. The lowest BCUT2D eigenvalue weighted by atomic mass is 9.97. The standard InChI is InChI=1S/C11H13NO3S2/c1-7(2)8-5-4-6-9-10(8)11(13)12(16-3)17(9,14)15/h4-7H,1-3H3. The molecule has 6 heteroatoms. The van der Waals surface area contributed by atoms with Crippen molar-refractivity contribution >= 4 is 27.9 Å². The number of carbonyl (C=O) groups is 1. The van der Waals surface area contributed by atoms with Crippen molar-refractivity contribution in [2.45, 2.75) is 24.7 Å². The number of hydrogen-bond donors (Lipinski definition) is 0. The van der Waals surface area contributed by atoms with Crippen LogP contribution < -0.4 is 0 Å². The highest BCUT2D eigenvalue weighted by Gasteiger charge is 2.42. The van der Waals surface area contributed by atoms with Crippen LogP contribution >= 0.6 is 11.9 Å². The third kappa shape index (κ3) is 1.66. The van der Waals surface area contributed by atoms with Crippen molar-refractivity contribution in [3.05, 3.63) is 29.3 Å². The van der Waals surface area contributed by atoms with Crippen molar-refractivity contribution in [3.8, 4) is 0 Å². The van der Waals surface area contributed by atoms with Gasteiger partial charge in [-0.15, -0.1) is 0 Å². The van der Waals surface area contributed by atoms with Gasteiger partial charge in [0.2, 0.25) is 0 Å². The van der Waals surface area contributed by atoms with Crippen LogP contribution in [-0.2, 0) is 10.0 Å². The largest absolute Gasteiger partial charge is 0.279 e. The number of hydrogen-bond acceptors (Lipinski definition) is 4. The Labute approximate surface area is 105 Å². The Hall–Kier alpha value is -1.01. The van der Waals surface area contributed by atoms with Crippen LogP contribution in [-0.4, -0.2) is 24.3 Å². The van der Waals surface area contributed by atoms with Gasteiger partial charge >= 0.3 is 0 Å². The summed E-state index contributed by atoms with van der Waals surface area (Å²) in [4.78, 5) is 12.2. The third-order valence-corrected chi connectivity index (χ3v) is 5.75. The molecule has 1 heterocycles. The average Bonchev–Trinajstić information content (AvgIpc) is 2.46. The molecule has 1 aromatic carbocycles. The van der Waals surface area contributed by atoms with Crippen LogP contribution in [0.4, 0.5) is 0 Å². The summed E-state index contributed by atoms with van der Waals surface area (Å²) >= 11 is 0.920. The Kier molecular flexibility index (Phi) is 2.95. The molecular formula is C11H13NO3S2. The third-order valence-electron chi connectivity index (χ3n) is 2.72. The molecule has 0 bridgehead atoms. The van der Waals surface area contributed by atoms with E-state index in [0.717, 1.165) is 21.2 Å². The van der Waals surface area contributed by atoms with Gasteiger partial charge in [-0.2, -0.15) is 3.71 Å². The molecule has 2 rings (SSSR count). The summed E-state index contributed by atoms with van der Waals surface area (Å²) in [5.74, 6) is -0.317. The molecule has 0 saturated carbocycles. The molecule has 17 heavy (non-hydrogen) atoms. The van der Waals surface area contributed by atoms with Crippen LogP contribution in [0.3, 0.4) is 0 Å². The lowest BCUT2D eigenvalue weighted by Gasteiger charge is -2.10. The number of fused-ring (bicyclic) bond motifs is 1. The van der Waals surface area contributed by atoms with E-state index in [-0.39, 0.29) is 10.8 Å². The first-order valence-electron chi connectivity index (χ1n) is 5.18. The lowest BCUT2D eigenvalue weighted by molar-refractivity contribution is 0.0933. The Morgan fingerprint density at radius 3 is 2.47 bits per heavy atom. The number of carbonyl (C=O) groups excluding carboxylic acids is 1. The molecule has 0 aromatic heterocycles. The van der Waals surface area contributed by atoms with Crippen LogP contribution in [0.5, 0.6) is 0 Å². The summed E-state index contributed by atoms with van der Waals surface area (Å²) in [7, 11) is -3.65. The van der Waals surface area contributed by atoms with Crippen LogP contribution in [0.1, 0.15) is 35.7 Å². The molecule has 0 radical (unpaired) electrons. The van der Waals surface area contributed by atoms with E-state index in [4.69, 9.17) is 0 Å². The monoisotopic (exact) mass is 271 g/mol. The highest BCUT2D eigenvalue weighted by Crippen LogP contribution is 2.37.